The number of aliphatic hydroxyl groups is 2. The van der Waals surface area contributed by atoms with Gasteiger partial charge in [-0.3, -0.25) is 4.90 Å². The molecular weight excluding hydrogens is 536 g/mol. The van der Waals surface area contributed by atoms with Crippen LogP contribution in [-0.2, 0) is 9.47 Å². The monoisotopic (exact) mass is 615 g/mol. The molecule has 0 amide bonds. The van der Waals surface area contributed by atoms with Crippen LogP contribution in [-0.4, -0.2) is 87.0 Å². The molecule has 0 aliphatic heterocycles. The maximum atomic E-state index is 11.0. The third-order valence-electron chi connectivity index (χ3n) is 8.90. The second-order valence-corrected chi connectivity index (χ2v) is 13.2. The van der Waals surface area contributed by atoms with E-state index in [0.29, 0.717) is 39.5 Å². The van der Waals surface area contributed by atoms with E-state index in [1.165, 1.54) is 122 Å². The number of nitrogens with zero attached hydrogens (tertiary/aromatic N) is 1. The van der Waals surface area contributed by atoms with E-state index in [1.807, 2.05) is 7.05 Å². The van der Waals surface area contributed by atoms with Gasteiger partial charge in [-0.05, 0) is 25.8 Å². The number of rotatable bonds is 36. The first-order valence-corrected chi connectivity index (χ1v) is 18.9. The van der Waals surface area contributed by atoms with Crippen LogP contribution in [0.1, 0.15) is 162 Å². The average Bonchev–Trinajstić information content (AvgIpc) is 3.00. The zero-order chi connectivity index (χ0) is 31.6. The van der Waals surface area contributed by atoms with Gasteiger partial charge < -0.3 is 25.0 Å². The molecule has 0 aromatic carbocycles. The molecule has 43 heavy (non-hydrogen) atoms. The molecule has 0 heterocycles. The molecule has 0 saturated carbocycles. The Labute approximate surface area is 269 Å². The topological polar surface area (TPSA) is 74.2 Å². The van der Waals surface area contributed by atoms with Crippen molar-refractivity contribution in [1.29, 1.82) is 0 Å². The lowest BCUT2D eigenvalue weighted by Gasteiger charge is -2.29. The SMILES string of the molecule is CCCCCCCCCCCCC(O)CN(CCOCCOCCNC)CC(O)C(C)CCCCCCCCCCCC. The number of nitrogens with one attached hydrogen (secondary N) is 1. The highest BCUT2D eigenvalue weighted by Gasteiger charge is 2.20. The summed E-state index contributed by atoms with van der Waals surface area (Å²) in [5, 5.41) is 25.0. The summed E-state index contributed by atoms with van der Waals surface area (Å²) in [7, 11) is 1.92. The first kappa shape index (κ1) is 42.8. The zero-order valence-corrected chi connectivity index (χ0v) is 29.6. The van der Waals surface area contributed by atoms with Crippen molar-refractivity contribution in [1.82, 2.24) is 10.2 Å². The van der Waals surface area contributed by atoms with Crippen LogP contribution in [0.3, 0.4) is 0 Å². The summed E-state index contributed by atoms with van der Waals surface area (Å²) in [4.78, 5) is 2.22. The van der Waals surface area contributed by atoms with E-state index < -0.39 is 0 Å². The average molecular weight is 615 g/mol. The number of likely N-dealkylation sites (N-methyl/N-ethyl adjacent to an activating group) is 1. The highest BCUT2D eigenvalue weighted by molar-refractivity contribution is 4.73. The molecule has 0 aliphatic carbocycles. The Balaban J connectivity index is 4.29. The molecule has 0 aromatic rings. The lowest BCUT2D eigenvalue weighted by molar-refractivity contribution is 0.0107. The van der Waals surface area contributed by atoms with E-state index in [2.05, 4.69) is 31.0 Å². The van der Waals surface area contributed by atoms with Crippen LogP contribution in [0.15, 0.2) is 0 Å². The summed E-state index contributed by atoms with van der Waals surface area (Å²) in [6, 6.07) is 0. The molecule has 260 valence electrons. The van der Waals surface area contributed by atoms with Gasteiger partial charge in [0.05, 0.1) is 38.6 Å². The Kier molecular flexibility index (Phi) is 34.4. The fraction of sp³-hybridized carbons (Fsp3) is 1.00. The summed E-state index contributed by atoms with van der Waals surface area (Å²) in [6.45, 7) is 12.0. The van der Waals surface area contributed by atoms with Gasteiger partial charge in [-0.15, -0.1) is 0 Å². The van der Waals surface area contributed by atoms with Crippen molar-refractivity contribution in [2.75, 3.05) is 59.7 Å². The van der Waals surface area contributed by atoms with Crippen molar-refractivity contribution >= 4 is 0 Å². The Morgan fingerprint density at radius 3 is 1.49 bits per heavy atom. The Bertz CT molecular complexity index is 525. The van der Waals surface area contributed by atoms with Crippen molar-refractivity contribution in [3.05, 3.63) is 0 Å². The number of hydrogen-bond donors (Lipinski definition) is 3. The molecule has 0 aliphatic rings. The molecule has 3 atom stereocenters. The van der Waals surface area contributed by atoms with Crippen LogP contribution in [0.5, 0.6) is 0 Å². The maximum absolute atomic E-state index is 11.0. The van der Waals surface area contributed by atoms with E-state index >= 15 is 0 Å². The van der Waals surface area contributed by atoms with Gasteiger partial charge in [0.15, 0.2) is 0 Å². The van der Waals surface area contributed by atoms with Gasteiger partial charge >= 0.3 is 0 Å². The normalized spacial score (nSPS) is 14.0. The molecule has 0 bridgehead atoms. The van der Waals surface area contributed by atoms with Gasteiger partial charge in [-0.2, -0.15) is 0 Å². The van der Waals surface area contributed by atoms with Crippen LogP contribution in [0.25, 0.3) is 0 Å². The minimum Gasteiger partial charge on any atom is -0.392 e. The Hall–Kier alpha value is -0.240. The van der Waals surface area contributed by atoms with Crippen molar-refractivity contribution < 1.29 is 19.7 Å². The molecule has 3 N–H and O–H groups in total. The predicted octanol–water partition coefficient (Wildman–Crippen LogP) is 8.52. The molecule has 3 unspecified atom stereocenters. The molecule has 0 fully saturated rings. The molecule has 0 aromatic heterocycles. The third kappa shape index (κ3) is 31.5. The molecular formula is C37H78N2O4. The van der Waals surface area contributed by atoms with Crippen LogP contribution in [0.4, 0.5) is 0 Å². The quantitative estimate of drug-likeness (QED) is 0.0615. The molecule has 0 rings (SSSR count). The number of ether oxygens (including phenoxy) is 2. The third-order valence-corrected chi connectivity index (χ3v) is 8.90. The van der Waals surface area contributed by atoms with E-state index in [-0.39, 0.29) is 18.1 Å². The second kappa shape index (κ2) is 34.6. The van der Waals surface area contributed by atoms with E-state index in [0.717, 1.165) is 32.4 Å². The fourth-order valence-corrected chi connectivity index (χ4v) is 5.79. The smallest absolute Gasteiger partial charge is 0.0701 e. The van der Waals surface area contributed by atoms with Gasteiger partial charge in [-0.25, -0.2) is 0 Å². The van der Waals surface area contributed by atoms with Gasteiger partial charge in [0.25, 0.3) is 0 Å². The van der Waals surface area contributed by atoms with Crippen molar-refractivity contribution in [3.63, 3.8) is 0 Å². The van der Waals surface area contributed by atoms with E-state index in [4.69, 9.17) is 9.47 Å². The maximum Gasteiger partial charge on any atom is 0.0701 e. The van der Waals surface area contributed by atoms with Crippen LogP contribution >= 0.6 is 0 Å². The zero-order valence-electron chi connectivity index (χ0n) is 29.6. The minimum atomic E-state index is -0.368. The van der Waals surface area contributed by atoms with Gasteiger partial charge in [0, 0.05) is 26.2 Å². The van der Waals surface area contributed by atoms with Crippen LogP contribution < -0.4 is 5.32 Å². The second-order valence-electron chi connectivity index (χ2n) is 13.2. The molecule has 0 radical (unpaired) electrons. The molecule has 6 heteroatoms. The van der Waals surface area contributed by atoms with Gasteiger partial charge in [0.2, 0.25) is 0 Å². The lowest BCUT2D eigenvalue weighted by Crippen LogP contribution is -2.42. The predicted molar refractivity (Wildman–Crippen MR) is 186 cm³/mol. The van der Waals surface area contributed by atoms with Gasteiger partial charge in [0.1, 0.15) is 0 Å². The fourth-order valence-electron chi connectivity index (χ4n) is 5.79. The highest BCUT2D eigenvalue weighted by Crippen LogP contribution is 2.18. The van der Waals surface area contributed by atoms with Crippen LogP contribution in [0.2, 0.25) is 0 Å². The summed E-state index contributed by atoms with van der Waals surface area (Å²) >= 11 is 0. The van der Waals surface area contributed by atoms with Crippen molar-refractivity contribution in [3.8, 4) is 0 Å². The van der Waals surface area contributed by atoms with Crippen LogP contribution in [0, 0.1) is 5.92 Å². The summed E-state index contributed by atoms with van der Waals surface area (Å²) in [5.74, 6) is 0.275. The lowest BCUT2D eigenvalue weighted by atomic mass is 9.96. The van der Waals surface area contributed by atoms with E-state index in [9.17, 15) is 10.2 Å². The van der Waals surface area contributed by atoms with Gasteiger partial charge in [-0.1, -0.05) is 149 Å². The number of hydrogen-bond acceptors (Lipinski definition) is 6. The minimum absolute atomic E-state index is 0.275. The molecule has 6 nitrogen and oxygen atoms in total. The highest BCUT2D eigenvalue weighted by atomic mass is 16.5. The van der Waals surface area contributed by atoms with E-state index in [1.54, 1.807) is 0 Å². The Morgan fingerprint density at radius 1 is 0.558 bits per heavy atom. The first-order chi connectivity index (χ1) is 21.0. The van der Waals surface area contributed by atoms with Crippen molar-refractivity contribution in [2.24, 2.45) is 5.92 Å². The summed E-state index contributed by atoms with van der Waals surface area (Å²) in [6.07, 6.45) is 27.7. The number of aliphatic hydroxyl groups excluding tert-OH is 2. The Morgan fingerprint density at radius 2 is 1.00 bits per heavy atom. The molecule has 0 saturated heterocycles. The first-order valence-electron chi connectivity index (χ1n) is 18.9. The largest absolute Gasteiger partial charge is 0.392 e. The number of unbranched alkanes of at least 4 members (excludes halogenated alkanes) is 18. The summed E-state index contributed by atoms with van der Waals surface area (Å²) in [5.41, 5.74) is 0. The summed E-state index contributed by atoms with van der Waals surface area (Å²) < 4.78 is 11.4. The standard InChI is InChI=1S/C37H78N2O4/c1-5-7-9-11-13-15-17-19-21-23-25-35(3)37(41)34-39(28-30-43-32-31-42-29-27-38-4)33-36(40)26-24-22-20-18-16-14-12-10-8-6-2/h35-38,40-41H,5-34H2,1-4H3. The molecule has 0 spiro atoms. The van der Waals surface area contributed by atoms with Crippen molar-refractivity contribution in [2.45, 2.75) is 174 Å².